The number of hydrogen-bond acceptors (Lipinski definition) is 2. The van der Waals surface area contributed by atoms with Gasteiger partial charge < -0.3 is 4.74 Å². The molecule has 0 saturated heterocycles. The zero-order valence-corrected chi connectivity index (χ0v) is 9.01. The van der Waals surface area contributed by atoms with E-state index in [-0.39, 0.29) is 6.67 Å². The van der Waals surface area contributed by atoms with Crippen molar-refractivity contribution in [2.75, 3.05) is 13.3 Å². The molecule has 0 saturated carbocycles. The van der Waals surface area contributed by atoms with Crippen LogP contribution in [0.5, 0.6) is 5.75 Å². The molecule has 0 radical (unpaired) electrons. The third-order valence-electron chi connectivity index (χ3n) is 2.11. The van der Waals surface area contributed by atoms with Crippen LogP contribution in [0, 0.1) is 25.2 Å². The van der Waals surface area contributed by atoms with Gasteiger partial charge in [0, 0.05) is 6.42 Å². The van der Waals surface area contributed by atoms with E-state index in [1.807, 2.05) is 13.8 Å². The van der Waals surface area contributed by atoms with Gasteiger partial charge in [0.2, 0.25) is 0 Å². The van der Waals surface area contributed by atoms with Crippen LogP contribution in [0.25, 0.3) is 0 Å². The van der Waals surface area contributed by atoms with E-state index < -0.39 is 0 Å². The van der Waals surface area contributed by atoms with Crippen molar-refractivity contribution in [2.45, 2.75) is 20.3 Å². The van der Waals surface area contributed by atoms with Gasteiger partial charge in [-0.05, 0) is 37.1 Å². The monoisotopic (exact) mass is 207 g/mol. The van der Waals surface area contributed by atoms with Gasteiger partial charge in [0.1, 0.15) is 5.75 Å². The Kier molecular flexibility index (Phi) is 4.11. The maximum atomic E-state index is 11.9. The molecular weight excluding hydrogens is 193 g/mol. The second-order valence-corrected chi connectivity index (χ2v) is 3.44. The Hall–Kier alpha value is -1.56. The molecule has 1 rings (SSSR count). The number of hydrogen-bond donors (Lipinski definition) is 0. The zero-order chi connectivity index (χ0) is 11.3. The first-order valence-corrected chi connectivity index (χ1v) is 4.89. The minimum Gasteiger partial charge on any atom is -0.493 e. The van der Waals surface area contributed by atoms with E-state index in [0.29, 0.717) is 18.6 Å². The molecule has 15 heavy (non-hydrogen) atoms. The smallest absolute Gasteiger partial charge is 0.125 e. The fraction of sp³-hybridized carbons (Fsp3) is 0.417. The van der Waals surface area contributed by atoms with Crippen molar-refractivity contribution in [1.29, 1.82) is 5.26 Å². The Morgan fingerprint density at radius 3 is 2.40 bits per heavy atom. The summed E-state index contributed by atoms with van der Waals surface area (Å²) in [4.78, 5) is 0. The minimum atomic E-state index is -0.367. The molecule has 1 aromatic carbocycles. The van der Waals surface area contributed by atoms with E-state index in [1.165, 1.54) is 0 Å². The molecule has 3 heteroatoms. The lowest BCUT2D eigenvalue weighted by molar-refractivity contribution is 0.286. The van der Waals surface area contributed by atoms with Gasteiger partial charge in [-0.25, -0.2) is 0 Å². The fourth-order valence-electron chi connectivity index (χ4n) is 1.47. The van der Waals surface area contributed by atoms with E-state index in [4.69, 9.17) is 10.00 Å². The SMILES string of the molecule is Cc1cc(C#N)cc(C)c1OCCCF. The summed E-state index contributed by atoms with van der Waals surface area (Å²) in [5.74, 6) is 0.766. The number of benzene rings is 1. The maximum absolute atomic E-state index is 11.9. The van der Waals surface area contributed by atoms with E-state index >= 15 is 0 Å². The highest BCUT2D eigenvalue weighted by atomic mass is 19.1. The first kappa shape index (κ1) is 11.5. The lowest BCUT2D eigenvalue weighted by Gasteiger charge is -2.11. The number of alkyl halides is 1. The number of rotatable bonds is 4. The number of aryl methyl sites for hydroxylation is 2. The van der Waals surface area contributed by atoms with Crippen LogP contribution < -0.4 is 4.74 Å². The van der Waals surface area contributed by atoms with E-state index in [1.54, 1.807) is 12.1 Å². The molecule has 0 N–H and O–H groups in total. The topological polar surface area (TPSA) is 33.0 Å². The molecule has 0 aliphatic carbocycles. The molecule has 0 aliphatic rings. The molecule has 0 bridgehead atoms. The Labute approximate surface area is 89.3 Å². The van der Waals surface area contributed by atoms with Crippen molar-refractivity contribution >= 4 is 0 Å². The quantitative estimate of drug-likeness (QED) is 0.711. The summed E-state index contributed by atoms with van der Waals surface area (Å²) >= 11 is 0. The summed E-state index contributed by atoms with van der Waals surface area (Å²) in [6, 6.07) is 5.64. The summed E-state index contributed by atoms with van der Waals surface area (Å²) in [7, 11) is 0. The molecule has 0 unspecified atom stereocenters. The second-order valence-electron chi connectivity index (χ2n) is 3.44. The first-order valence-electron chi connectivity index (χ1n) is 4.89. The Morgan fingerprint density at radius 2 is 1.93 bits per heavy atom. The molecule has 0 heterocycles. The number of halogens is 1. The van der Waals surface area contributed by atoms with E-state index in [9.17, 15) is 4.39 Å². The van der Waals surface area contributed by atoms with Crippen molar-refractivity contribution in [3.63, 3.8) is 0 Å². The van der Waals surface area contributed by atoms with Crippen LogP contribution in [0.2, 0.25) is 0 Å². The fourth-order valence-corrected chi connectivity index (χ4v) is 1.47. The molecular formula is C12H14FNO. The van der Waals surface area contributed by atoms with Crippen LogP contribution in [0.1, 0.15) is 23.1 Å². The Bertz CT molecular complexity index is 359. The summed E-state index contributed by atoms with van der Waals surface area (Å²) in [5.41, 5.74) is 2.47. The lowest BCUT2D eigenvalue weighted by Crippen LogP contribution is -2.01. The van der Waals surface area contributed by atoms with Gasteiger partial charge in [-0.3, -0.25) is 4.39 Å². The van der Waals surface area contributed by atoms with Gasteiger partial charge in [0.15, 0.2) is 0 Å². The second kappa shape index (κ2) is 5.35. The highest BCUT2D eigenvalue weighted by molar-refractivity contribution is 5.47. The minimum absolute atomic E-state index is 0.367. The highest BCUT2D eigenvalue weighted by Gasteiger charge is 2.05. The third-order valence-corrected chi connectivity index (χ3v) is 2.11. The van der Waals surface area contributed by atoms with Crippen molar-refractivity contribution in [1.82, 2.24) is 0 Å². The summed E-state index contributed by atoms with van der Waals surface area (Å²) < 4.78 is 17.4. The Balaban J connectivity index is 2.85. The summed E-state index contributed by atoms with van der Waals surface area (Å²) in [5, 5.41) is 8.75. The van der Waals surface area contributed by atoms with Gasteiger partial charge in [-0.1, -0.05) is 0 Å². The standard InChI is InChI=1S/C12H14FNO/c1-9-6-11(8-14)7-10(2)12(9)15-5-3-4-13/h6-7H,3-5H2,1-2H3. The van der Waals surface area contributed by atoms with Crippen molar-refractivity contribution in [2.24, 2.45) is 0 Å². The van der Waals surface area contributed by atoms with Crippen LogP contribution in [-0.4, -0.2) is 13.3 Å². The van der Waals surface area contributed by atoms with E-state index in [0.717, 1.165) is 16.9 Å². The van der Waals surface area contributed by atoms with Gasteiger partial charge in [0.25, 0.3) is 0 Å². The predicted molar refractivity (Wildman–Crippen MR) is 56.7 cm³/mol. The highest BCUT2D eigenvalue weighted by Crippen LogP contribution is 2.24. The summed E-state index contributed by atoms with van der Waals surface area (Å²) in [6.45, 7) is 3.79. The largest absolute Gasteiger partial charge is 0.493 e. The third kappa shape index (κ3) is 2.95. The molecule has 0 atom stereocenters. The van der Waals surface area contributed by atoms with Gasteiger partial charge in [-0.2, -0.15) is 5.26 Å². The molecule has 0 spiro atoms. The number of nitriles is 1. The molecule has 0 amide bonds. The lowest BCUT2D eigenvalue weighted by atomic mass is 10.1. The van der Waals surface area contributed by atoms with Crippen LogP contribution in [0.15, 0.2) is 12.1 Å². The molecule has 1 aromatic rings. The zero-order valence-electron chi connectivity index (χ0n) is 9.01. The van der Waals surface area contributed by atoms with Crippen molar-refractivity contribution < 1.29 is 9.13 Å². The number of nitrogens with zero attached hydrogens (tertiary/aromatic N) is 1. The van der Waals surface area contributed by atoms with Crippen molar-refractivity contribution in [3.05, 3.63) is 28.8 Å². The maximum Gasteiger partial charge on any atom is 0.125 e. The summed E-state index contributed by atoms with van der Waals surface area (Å²) in [6.07, 6.45) is 0.402. The molecule has 0 aliphatic heterocycles. The molecule has 80 valence electrons. The average Bonchev–Trinajstić information content (AvgIpc) is 2.22. The van der Waals surface area contributed by atoms with Gasteiger partial charge in [-0.15, -0.1) is 0 Å². The van der Waals surface area contributed by atoms with Crippen LogP contribution in [0.4, 0.5) is 4.39 Å². The normalized spacial score (nSPS) is 9.73. The van der Waals surface area contributed by atoms with Crippen molar-refractivity contribution in [3.8, 4) is 11.8 Å². The number of ether oxygens (including phenoxy) is 1. The van der Waals surface area contributed by atoms with Gasteiger partial charge in [0.05, 0.1) is 24.9 Å². The Morgan fingerprint density at radius 1 is 1.33 bits per heavy atom. The van der Waals surface area contributed by atoms with Gasteiger partial charge >= 0.3 is 0 Å². The average molecular weight is 207 g/mol. The molecule has 0 aromatic heterocycles. The molecule has 0 fully saturated rings. The van der Waals surface area contributed by atoms with Crippen LogP contribution in [-0.2, 0) is 0 Å². The molecule has 2 nitrogen and oxygen atoms in total. The predicted octanol–water partition coefficient (Wildman–Crippen LogP) is 2.91. The van der Waals surface area contributed by atoms with Crippen LogP contribution in [0.3, 0.4) is 0 Å². The van der Waals surface area contributed by atoms with E-state index in [2.05, 4.69) is 6.07 Å². The van der Waals surface area contributed by atoms with Crippen LogP contribution >= 0.6 is 0 Å². The first-order chi connectivity index (χ1) is 7.19.